The molecule has 0 bridgehead atoms. The third-order valence-corrected chi connectivity index (χ3v) is 8.73. The molecule has 176 valence electrons. The number of fused-ring (bicyclic) bond motifs is 1. The number of piperazine rings is 1. The Morgan fingerprint density at radius 1 is 1.00 bits per heavy atom. The van der Waals surface area contributed by atoms with Crippen LogP contribution in [0.4, 0.5) is 0 Å². The van der Waals surface area contributed by atoms with Crippen molar-refractivity contribution in [3.63, 3.8) is 0 Å². The first-order valence-electron chi connectivity index (χ1n) is 12.6. The highest BCUT2D eigenvalue weighted by atomic mass is 32.1. The summed E-state index contributed by atoms with van der Waals surface area (Å²) in [6.45, 7) is 5.39. The summed E-state index contributed by atoms with van der Waals surface area (Å²) in [5, 5.41) is 2.18. The van der Waals surface area contributed by atoms with Crippen LogP contribution in [0.5, 0.6) is 0 Å². The molecule has 1 aromatic heterocycles. The number of carbonyl (C=O) groups is 2. The molecule has 5 rings (SSSR count). The summed E-state index contributed by atoms with van der Waals surface area (Å²) in [6, 6.07) is 13.0. The van der Waals surface area contributed by atoms with Gasteiger partial charge in [-0.1, -0.05) is 49.6 Å². The second kappa shape index (κ2) is 9.98. The maximum atomic E-state index is 13.4. The van der Waals surface area contributed by atoms with Crippen LogP contribution in [-0.2, 0) is 16.0 Å². The highest BCUT2D eigenvalue weighted by Crippen LogP contribution is 2.37. The molecule has 33 heavy (non-hydrogen) atoms. The number of hydrogen-bond acceptors (Lipinski definition) is 4. The second-order valence-electron chi connectivity index (χ2n) is 9.89. The Morgan fingerprint density at radius 2 is 1.79 bits per heavy atom. The number of thiophene rings is 1. The van der Waals surface area contributed by atoms with Gasteiger partial charge in [-0.2, -0.15) is 0 Å². The van der Waals surface area contributed by atoms with Gasteiger partial charge in [-0.3, -0.25) is 14.5 Å². The van der Waals surface area contributed by atoms with Crippen molar-refractivity contribution in [3.8, 4) is 0 Å². The van der Waals surface area contributed by atoms with Crippen molar-refractivity contribution in [1.29, 1.82) is 0 Å². The van der Waals surface area contributed by atoms with Crippen LogP contribution < -0.4 is 0 Å². The van der Waals surface area contributed by atoms with E-state index in [1.165, 1.54) is 35.3 Å². The summed E-state index contributed by atoms with van der Waals surface area (Å²) in [5.74, 6) is 0.703. The van der Waals surface area contributed by atoms with E-state index in [9.17, 15) is 9.59 Å². The summed E-state index contributed by atoms with van der Waals surface area (Å²) in [6.07, 6.45) is 6.68. The van der Waals surface area contributed by atoms with Gasteiger partial charge in [0.25, 0.3) is 0 Å². The Labute approximate surface area is 201 Å². The molecule has 1 aromatic carbocycles. The SMILES string of the molecule is C[C@@H]1CN(C(=O)CN2CCc3sccc3[C@H]2c2ccccc2)CCN1C(=O)C1CCCCC1. The van der Waals surface area contributed by atoms with E-state index < -0.39 is 0 Å². The van der Waals surface area contributed by atoms with Gasteiger partial charge in [0.15, 0.2) is 0 Å². The first kappa shape index (κ1) is 22.6. The highest BCUT2D eigenvalue weighted by molar-refractivity contribution is 7.10. The van der Waals surface area contributed by atoms with Gasteiger partial charge < -0.3 is 9.80 Å². The predicted octanol–water partition coefficient (Wildman–Crippen LogP) is 4.34. The van der Waals surface area contributed by atoms with E-state index in [1.54, 1.807) is 0 Å². The first-order chi connectivity index (χ1) is 16.1. The Balaban J connectivity index is 1.24. The van der Waals surface area contributed by atoms with Gasteiger partial charge in [0, 0.05) is 43.0 Å². The molecule has 0 N–H and O–H groups in total. The molecule has 2 aromatic rings. The van der Waals surface area contributed by atoms with Gasteiger partial charge in [0.05, 0.1) is 12.6 Å². The van der Waals surface area contributed by atoms with Gasteiger partial charge in [0.2, 0.25) is 11.8 Å². The fourth-order valence-electron chi connectivity index (χ4n) is 5.93. The van der Waals surface area contributed by atoms with Crippen LogP contribution in [-0.4, -0.2) is 65.3 Å². The maximum absolute atomic E-state index is 13.4. The third-order valence-electron chi connectivity index (χ3n) is 7.74. The Hall–Kier alpha value is -2.18. The van der Waals surface area contributed by atoms with Crippen LogP contribution in [0.2, 0.25) is 0 Å². The van der Waals surface area contributed by atoms with Crippen molar-refractivity contribution in [2.24, 2.45) is 5.92 Å². The van der Waals surface area contributed by atoms with Crippen LogP contribution in [0.15, 0.2) is 41.8 Å². The Bertz CT molecular complexity index is 969. The molecule has 0 unspecified atom stereocenters. The summed E-state index contributed by atoms with van der Waals surface area (Å²) in [5.41, 5.74) is 2.60. The lowest BCUT2D eigenvalue weighted by molar-refractivity contribution is -0.146. The molecule has 3 aliphatic rings. The molecule has 2 aliphatic heterocycles. The third kappa shape index (κ3) is 4.73. The molecule has 1 saturated carbocycles. The van der Waals surface area contributed by atoms with Crippen LogP contribution in [0.1, 0.15) is 61.1 Å². The van der Waals surface area contributed by atoms with E-state index in [-0.39, 0.29) is 23.9 Å². The van der Waals surface area contributed by atoms with Crippen LogP contribution in [0.25, 0.3) is 0 Å². The van der Waals surface area contributed by atoms with Gasteiger partial charge in [-0.05, 0) is 48.8 Å². The van der Waals surface area contributed by atoms with E-state index in [0.717, 1.165) is 25.8 Å². The zero-order valence-corrected chi connectivity index (χ0v) is 20.4. The molecule has 0 radical (unpaired) electrons. The summed E-state index contributed by atoms with van der Waals surface area (Å²) >= 11 is 1.83. The number of rotatable bonds is 4. The molecule has 2 fully saturated rings. The van der Waals surface area contributed by atoms with Gasteiger partial charge in [-0.25, -0.2) is 0 Å². The Kier molecular flexibility index (Phi) is 6.84. The normalized spacial score (nSPS) is 24.5. The number of amides is 2. The van der Waals surface area contributed by atoms with E-state index in [4.69, 9.17) is 0 Å². The topological polar surface area (TPSA) is 43.9 Å². The average Bonchev–Trinajstić information content (AvgIpc) is 3.33. The zero-order valence-electron chi connectivity index (χ0n) is 19.6. The molecular formula is C27H35N3O2S. The molecule has 1 aliphatic carbocycles. The minimum absolute atomic E-state index is 0.0897. The molecular weight excluding hydrogens is 430 g/mol. The van der Waals surface area contributed by atoms with Crippen LogP contribution in [0.3, 0.4) is 0 Å². The molecule has 6 heteroatoms. The lowest BCUT2D eigenvalue weighted by Gasteiger charge is -2.43. The quantitative estimate of drug-likeness (QED) is 0.675. The van der Waals surface area contributed by atoms with Crippen molar-refractivity contribution in [3.05, 3.63) is 57.8 Å². The first-order valence-corrected chi connectivity index (χ1v) is 13.4. The van der Waals surface area contributed by atoms with E-state index in [1.807, 2.05) is 27.2 Å². The van der Waals surface area contributed by atoms with E-state index in [2.05, 4.69) is 47.5 Å². The van der Waals surface area contributed by atoms with Crippen molar-refractivity contribution in [2.45, 2.75) is 57.5 Å². The molecule has 3 heterocycles. The summed E-state index contributed by atoms with van der Waals surface area (Å²) in [4.78, 5) is 34.3. The second-order valence-corrected chi connectivity index (χ2v) is 10.9. The van der Waals surface area contributed by atoms with Crippen molar-refractivity contribution in [1.82, 2.24) is 14.7 Å². The lowest BCUT2D eigenvalue weighted by Crippen LogP contribution is -2.58. The Morgan fingerprint density at radius 3 is 2.55 bits per heavy atom. The van der Waals surface area contributed by atoms with Crippen LogP contribution >= 0.6 is 11.3 Å². The largest absolute Gasteiger partial charge is 0.338 e. The minimum Gasteiger partial charge on any atom is -0.338 e. The van der Waals surface area contributed by atoms with Crippen molar-refractivity contribution < 1.29 is 9.59 Å². The fraction of sp³-hybridized carbons (Fsp3) is 0.556. The van der Waals surface area contributed by atoms with Gasteiger partial charge >= 0.3 is 0 Å². The van der Waals surface area contributed by atoms with Crippen LogP contribution in [0, 0.1) is 5.92 Å². The molecule has 2 atom stereocenters. The minimum atomic E-state index is 0.0897. The number of nitrogens with zero attached hydrogens (tertiary/aromatic N) is 3. The smallest absolute Gasteiger partial charge is 0.236 e. The average molecular weight is 466 g/mol. The highest BCUT2D eigenvalue weighted by Gasteiger charge is 2.36. The van der Waals surface area contributed by atoms with Crippen molar-refractivity contribution in [2.75, 3.05) is 32.7 Å². The molecule has 0 spiro atoms. The number of hydrogen-bond donors (Lipinski definition) is 0. The molecule has 5 nitrogen and oxygen atoms in total. The van der Waals surface area contributed by atoms with E-state index >= 15 is 0 Å². The lowest BCUT2D eigenvalue weighted by atomic mass is 9.88. The van der Waals surface area contributed by atoms with E-state index in [0.29, 0.717) is 32.1 Å². The standard InChI is InChI=1S/C27H35N3O2S/c1-20-18-28(15-16-30(20)27(32)22-10-6-3-7-11-22)25(31)19-29-14-12-24-23(13-17-33-24)26(29)21-8-4-2-5-9-21/h2,4-5,8-9,13,17,20,22,26H,3,6-7,10-12,14-16,18-19H2,1H3/t20-,26-/m1/s1. The van der Waals surface area contributed by atoms with Gasteiger partial charge in [-0.15, -0.1) is 11.3 Å². The zero-order chi connectivity index (χ0) is 22.8. The molecule has 2 amide bonds. The van der Waals surface area contributed by atoms with Crippen molar-refractivity contribution >= 4 is 23.2 Å². The monoisotopic (exact) mass is 465 g/mol. The number of benzene rings is 1. The maximum Gasteiger partial charge on any atom is 0.236 e. The fourth-order valence-corrected chi connectivity index (χ4v) is 6.84. The summed E-state index contributed by atoms with van der Waals surface area (Å²) in [7, 11) is 0. The summed E-state index contributed by atoms with van der Waals surface area (Å²) < 4.78 is 0. The predicted molar refractivity (Wildman–Crippen MR) is 132 cm³/mol. The molecule has 1 saturated heterocycles. The van der Waals surface area contributed by atoms with Gasteiger partial charge in [0.1, 0.15) is 0 Å². The number of carbonyl (C=O) groups excluding carboxylic acids is 2.